The normalized spacial score (nSPS) is 20.1. The highest BCUT2D eigenvalue weighted by Crippen LogP contribution is 2.31. The molecule has 0 aliphatic heterocycles. The summed E-state index contributed by atoms with van der Waals surface area (Å²) in [4.78, 5) is 21.9. The van der Waals surface area contributed by atoms with Gasteiger partial charge in [0.25, 0.3) is 0 Å². The van der Waals surface area contributed by atoms with E-state index in [4.69, 9.17) is 4.74 Å². The smallest absolute Gasteiger partial charge is 0.309 e. The Morgan fingerprint density at radius 2 is 2.07 bits per heavy atom. The molecule has 1 fully saturated rings. The van der Waals surface area contributed by atoms with Crippen LogP contribution in [-0.2, 0) is 14.3 Å². The predicted molar refractivity (Wildman–Crippen MR) is 52.8 cm³/mol. The quantitative estimate of drug-likeness (QED) is 0.512. The minimum absolute atomic E-state index is 0.196. The summed E-state index contributed by atoms with van der Waals surface area (Å²) in [6, 6.07) is 0. The van der Waals surface area contributed by atoms with E-state index in [9.17, 15) is 9.59 Å². The van der Waals surface area contributed by atoms with E-state index in [-0.39, 0.29) is 11.9 Å². The van der Waals surface area contributed by atoms with Crippen molar-refractivity contribution in [3.63, 3.8) is 0 Å². The Balaban J connectivity index is 2.55. The van der Waals surface area contributed by atoms with Crippen molar-refractivity contribution >= 4 is 12.3 Å². The number of esters is 1. The van der Waals surface area contributed by atoms with Gasteiger partial charge in [0.2, 0.25) is 0 Å². The van der Waals surface area contributed by atoms with Gasteiger partial charge in [0.15, 0.2) is 0 Å². The first kappa shape index (κ1) is 11.2. The van der Waals surface area contributed by atoms with Crippen LogP contribution in [0.3, 0.4) is 0 Å². The van der Waals surface area contributed by atoms with Gasteiger partial charge in [-0.2, -0.15) is 0 Å². The first-order valence-electron chi connectivity index (χ1n) is 5.31. The average molecular weight is 198 g/mol. The maximum absolute atomic E-state index is 11.4. The second-order valence-corrected chi connectivity index (χ2v) is 3.93. The van der Waals surface area contributed by atoms with Crippen molar-refractivity contribution in [1.29, 1.82) is 0 Å². The first-order valence-corrected chi connectivity index (χ1v) is 5.31. The van der Waals surface area contributed by atoms with E-state index in [1.165, 1.54) is 26.4 Å². The monoisotopic (exact) mass is 198 g/mol. The second-order valence-electron chi connectivity index (χ2n) is 3.93. The highest BCUT2D eigenvalue weighted by Gasteiger charge is 2.29. The lowest BCUT2D eigenvalue weighted by molar-refractivity contribution is -0.149. The topological polar surface area (TPSA) is 43.4 Å². The molecule has 0 radical (unpaired) electrons. The third-order valence-corrected chi connectivity index (χ3v) is 3.07. The summed E-state index contributed by atoms with van der Waals surface area (Å²) in [7, 11) is 1.39. The summed E-state index contributed by atoms with van der Waals surface area (Å²) >= 11 is 0. The van der Waals surface area contributed by atoms with Gasteiger partial charge in [0.05, 0.1) is 13.0 Å². The third kappa shape index (κ3) is 2.82. The molecule has 1 aliphatic carbocycles. The SMILES string of the molecule is COC(=O)C(CC=O)C1CCCCC1. The van der Waals surface area contributed by atoms with E-state index in [1.54, 1.807) is 0 Å². The summed E-state index contributed by atoms with van der Waals surface area (Å²) in [6.07, 6.45) is 6.88. The fourth-order valence-corrected chi connectivity index (χ4v) is 2.27. The number of aldehydes is 1. The van der Waals surface area contributed by atoms with E-state index in [2.05, 4.69) is 0 Å². The van der Waals surface area contributed by atoms with E-state index in [1.807, 2.05) is 0 Å². The van der Waals surface area contributed by atoms with Gasteiger partial charge < -0.3 is 9.53 Å². The molecule has 0 bridgehead atoms. The van der Waals surface area contributed by atoms with Gasteiger partial charge in [-0.15, -0.1) is 0 Å². The van der Waals surface area contributed by atoms with Crippen molar-refractivity contribution in [2.45, 2.75) is 38.5 Å². The van der Waals surface area contributed by atoms with Crippen molar-refractivity contribution < 1.29 is 14.3 Å². The van der Waals surface area contributed by atoms with Crippen LogP contribution in [0.25, 0.3) is 0 Å². The minimum atomic E-state index is -0.219. The molecule has 1 saturated carbocycles. The maximum Gasteiger partial charge on any atom is 0.309 e. The van der Waals surface area contributed by atoms with E-state index < -0.39 is 0 Å². The molecule has 0 saturated heterocycles. The fraction of sp³-hybridized carbons (Fsp3) is 0.818. The maximum atomic E-state index is 11.4. The molecule has 0 heterocycles. The number of hydrogen-bond donors (Lipinski definition) is 0. The zero-order valence-corrected chi connectivity index (χ0v) is 8.70. The molecule has 80 valence electrons. The summed E-state index contributed by atoms with van der Waals surface area (Å²) in [5.74, 6) is -0.0526. The second kappa shape index (κ2) is 5.78. The van der Waals surface area contributed by atoms with Crippen molar-refractivity contribution in [3.05, 3.63) is 0 Å². The molecule has 0 aromatic carbocycles. The molecule has 1 atom stereocenters. The summed E-state index contributed by atoms with van der Waals surface area (Å²) in [5.41, 5.74) is 0. The Bertz CT molecular complexity index is 195. The molecular weight excluding hydrogens is 180 g/mol. The number of ether oxygens (including phenoxy) is 1. The van der Waals surface area contributed by atoms with Crippen LogP contribution in [0.2, 0.25) is 0 Å². The molecule has 1 rings (SSSR count). The van der Waals surface area contributed by atoms with Crippen LogP contribution < -0.4 is 0 Å². The molecule has 1 unspecified atom stereocenters. The summed E-state index contributed by atoms with van der Waals surface area (Å²) in [5, 5.41) is 0. The number of rotatable bonds is 4. The largest absolute Gasteiger partial charge is 0.469 e. The average Bonchev–Trinajstić information content (AvgIpc) is 2.26. The number of carbonyl (C=O) groups excluding carboxylic acids is 2. The highest BCUT2D eigenvalue weighted by atomic mass is 16.5. The van der Waals surface area contributed by atoms with E-state index in [0.717, 1.165) is 19.1 Å². The van der Waals surface area contributed by atoms with Crippen LogP contribution in [0, 0.1) is 11.8 Å². The molecule has 1 aliphatic rings. The molecule has 0 aromatic rings. The van der Waals surface area contributed by atoms with Crippen molar-refractivity contribution in [2.75, 3.05) is 7.11 Å². The van der Waals surface area contributed by atoms with Crippen LogP contribution >= 0.6 is 0 Å². The number of methoxy groups -OCH3 is 1. The third-order valence-electron chi connectivity index (χ3n) is 3.07. The van der Waals surface area contributed by atoms with Crippen LogP contribution in [0.5, 0.6) is 0 Å². The van der Waals surface area contributed by atoms with E-state index in [0.29, 0.717) is 12.3 Å². The molecule has 3 nitrogen and oxygen atoms in total. The van der Waals surface area contributed by atoms with Crippen molar-refractivity contribution in [2.24, 2.45) is 11.8 Å². The standard InChI is InChI=1S/C11H18O3/c1-14-11(13)10(7-8-12)9-5-3-2-4-6-9/h8-10H,2-7H2,1H3. The number of carbonyl (C=O) groups is 2. The predicted octanol–water partition coefficient (Wildman–Crippen LogP) is 1.94. The molecule has 0 spiro atoms. The number of hydrogen-bond acceptors (Lipinski definition) is 3. The lowest BCUT2D eigenvalue weighted by Crippen LogP contribution is -2.27. The van der Waals surface area contributed by atoms with Crippen LogP contribution in [0.1, 0.15) is 38.5 Å². The van der Waals surface area contributed by atoms with Gasteiger partial charge in [-0.05, 0) is 18.8 Å². The van der Waals surface area contributed by atoms with Gasteiger partial charge in [0, 0.05) is 6.42 Å². The Labute approximate surface area is 84.8 Å². The Hall–Kier alpha value is -0.860. The fourth-order valence-electron chi connectivity index (χ4n) is 2.27. The minimum Gasteiger partial charge on any atom is -0.469 e. The highest BCUT2D eigenvalue weighted by molar-refractivity contribution is 5.75. The summed E-state index contributed by atoms with van der Waals surface area (Å²) in [6.45, 7) is 0. The molecule has 0 N–H and O–H groups in total. The molecule has 3 heteroatoms. The summed E-state index contributed by atoms with van der Waals surface area (Å²) < 4.78 is 4.72. The molecule has 0 amide bonds. The van der Waals surface area contributed by atoms with Crippen LogP contribution in [-0.4, -0.2) is 19.4 Å². The Kier molecular flexibility index (Phi) is 4.63. The first-order chi connectivity index (χ1) is 6.79. The van der Waals surface area contributed by atoms with Gasteiger partial charge in [-0.3, -0.25) is 4.79 Å². The molecule has 14 heavy (non-hydrogen) atoms. The van der Waals surface area contributed by atoms with Crippen molar-refractivity contribution in [1.82, 2.24) is 0 Å². The molecular formula is C11H18O3. The van der Waals surface area contributed by atoms with Gasteiger partial charge in [-0.25, -0.2) is 0 Å². The lowest BCUT2D eigenvalue weighted by atomic mass is 9.79. The molecule has 0 aromatic heterocycles. The van der Waals surface area contributed by atoms with Crippen LogP contribution in [0.4, 0.5) is 0 Å². The van der Waals surface area contributed by atoms with Gasteiger partial charge in [0.1, 0.15) is 6.29 Å². The van der Waals surface area contributed by atoms with Gasteiger partial charge >= 0.3 is 5.97 Å². The Morgan fingerprint density at radius 3 is 2.57 bits per heavy atom. The van der Waals surface area contributed by atoms with E-state index >= 15 is 0 Å². The van der Waals surface area contributed by atoms with Crippen molar-refractivity contribution in [3.8, 4) is 0 Å². The zero-order chi connectivity index (χ0) is 10.4. The lowest BCUT2D eigenvalue weighted by Gasteiger charge is -2.27. The van der Waals surface area contributed by atoms with Gasteiger partial charge in [-0.1, -0.05) is 19.3 Å². The Morgan fingerprint density at radius 1 is 1.43 bits per heavy atom. The zero-order valence-electron chi connectivity index (χ0n) is 8.70. The van der Waals surface area contributed by atoms with Crippen LogP contribution in [0.15, 0.2) is 0 Å².